The molecule has 1 atom stereocenters. The van der Waals surface area contributed by atoms with Crippen LogP contribution in [0.3, 0.4) is 0 Å². The Morgan fingerprint density at radius 3 is 2.44 bits per heavy atom. The van der Waals surface area contributed by atoms with Crippen LogP contribution in [-0.2, 0) is 4.79 Å². The molecule has 1 aromatic carbocycles. The zero-order chi connectivity index (χ0) is 26.8. The molecule has 0 aliphatic carbocycles. The van der Waals surface area contributed by atoms with Gasteiger partial charge in [-0.1, -0.05) is 13.0 Å². The summed E-state index contributed by atoms with van der Waals surface area (Å²) in [5.41, 5.74) is 11.7. The van der Waals surface area contributed by atoms with Gasteiger partial charge in [-0.05, 0) is 75.5 Å². The molecule has 11 heteroatoms. The van der Waals surface area contributed by atoms with Crippen molar-refractivity contribution in [2.24, 2.45) is 5.73 Å². The lowest BCUT2D eigenvalue weighted by Crippen LogP contribution is -2.50. The summed E-state index contributed by atoms with van der Waals surface area (Å²) in [5, 5.41) is 3.01. The fourth-order valence-corrected chi connectivity index (χ4v) is 4.30. The molecule has 0 radical (unpaired) electrons. The number of furan rings is 1. The number of benzene rings is 1. The molecular formula is C25H31N5O5S. The molecule has 0 aliphatic rings. The molecule has 0 unspecified atom stereocenters. The number of nitrogens with one attached hydrogen (secondary N) is 1. The number of primary amides is 1. The number of hydrogen-bond acceptors (Lipinski definition) is 8. The van der Waals surface area contributed by atoms with Crippen LogP contribution in [0.4, 0.5) is 11.4 Å². The van der Waals surface area contributed by atoms with Crippen molar-refractivity contribution in [2.75, 3.05) is 17.7 Å². The molecule has 0 saturated carbocycles. The van der Waals surface area contributed by atoms with Crippen LogP contribution in [0.25, 0.3) is 0 Å². The lowest BCUT2D eigenvalue weighted by molar-refractivity contribution is -0.124. The van der Waals surface area contributed by atoms with Crippen molar-refractivity contribution in [3.05, 3.63) is 58.0 Å². The number of aromatic nitrogens is 1. The molecule has 0 bridgehead atoms. The van der Waals surface area contributed by atoms with Crippen molar-refractivity contribution >= 4 is 40.6 Å². The number of nitrogen functional groups attached to an aromatic ring is 1. The lowest BCUT2D eigenvalue weighted by Gasteiger charge is -2.34. The zero-order valence-corrected chi connectivity index (χ0v) is 22.0. The Bertz CT molecular complexity index is 1300. The summed E-state index contributed by atoms with van der Waals surface area (Å²) >= 11 is 0.730. The lowest BCUT2D eigenvalue weighted by atomic mass is 10.00. The predicted molar refractivity (Wildman–Crippen MR) is 138 cm³/mol. The highest BCUT2D eigenvalue weighted by molar-refractivity contribution is 7.09. The maximum atomic E-state index is 14.1. The molecule has 192 valence electrons. The molecule has 2 aromatic heterocycles. The number of carbonyl (C=O) groups is 3. The van der Waals surface area contributed by atoms with Crippen LogP contribution in [-0.4, -0.2) is 34.7 Å². The average molecular weight is 514 g/mol. The molecule has 2 heterocycles. The van der Waals surface area contributed by atoms with Gasteiger partial charge < -0.3 is 25.9 Å². The van der Waals surface area contributed by atoms with E-state index in [1.165, 1.54) is 12.0 Å². The number of anilines is 2. The first-order valence-corrected chi connectivity index (χ1v) is 12.1. The second-order valence-corrected chi connectivity index (χ2v) is 9.84. The van der Waals surface area contributed by atoms with Gasteiger partial charge >= 0.3 is 0 Å². The first kappa shape index (κ1) is 26.7. The van der Waals surface area contributed by atoms with E-state index in [-0.39, 0.29) is 22.0 Å². The van der Waals surface area contributed by atoms with E-state index in [4.69, 9.17) is 20.6 Å². The van der Waals surface area contributed by atoms with E-state index in [1.54, 1.807) is 31.2 Å². The van der Waals surface area contributed by atoms with Crippen LogP contribution in [0.2, 0.25) is 0 Å². The molecule has 3 aromatic rings. The fraction of sp³-hybridized carbons (Fsp3) is 0.360. The Balaban J connectivity index is 2.29. The van der Waals surface area contributed by atoms with Gasteiger partial charge in [-0.2, -0.15) is 4.37 Å². The third-order valence-corrected chi connectivity index (χ3v) is 6.70. The molecule has 0 fully saturated rings. The topological polar surface area (TPSA) is 154 Å². The van der Waals surface area contributed by atoms with E-state index in [0.717, 1.165) is 17.1 Å². The van der Waals surface area contributed by atoms with Gasteiger partial charge in [0, 0.05) is 5.54 Å². The monoisotopic (exact) mass is 513 g/mol. The van der Waals surface area contributed by atoms with Gasteiger partial charge in [0.25, 0.3) is 17.7 Å². The maximum absolute atomic E-state index is 14.1. The van der Waals surface area contributed by atoms with E-state index >= 15 is 0 Å². The first-order valence-electron chi connectivity index (χ1n) is 11.3. The summed E-state index contributed by atoms with van der Waals surface area (Å²) in [6.45, 7) is 9.31. The number of carbonyl (C=O) groups excluding carboxylic acids is 3. The number of ether oxygens (including phenoxy) is 1. The smallest absolute Gasteiger partial charge is 0.273 e. The van der Waals surface area contributed by atoms with Crippen molar-refractivity contribution in [3.63, 3.8) is 0 Å². The normalized spacial score (nSPS) is 12.2. The largest absolute Gasteiger partial charge is 0.495 e. The summed E-state index contributed by atoms with van der Waals surface area (Å²) in [6, 6.07) is 7.38. The van der Waals surface area contributed by atoms with E-state index < -0.39 is 29.3 Å². The minimum Gasteiger partial charge on any atom is -0.495 e. The number of methoxy groups -OCH3 is 1. The Hall–Kier alpha value is -3.86. The van der Waals surface area contributed by atoms with Crippen LogP contribution in [0.15, 0.2) is 34.7 Å². The van der Waals surface area contributed by atoms with Crippen molar-refractivity contribution in [1.82, 2.24) is 9.69 Å². The van der Waals surface area contributed by atoms with Crippen molar-refractivity contribution in [2.45, 2.75) is 52.6 Å². The number of aryl methyl sites for hydroxylation is 2. The van der Waals surface area contributed by atoms with Gasteiger partial charge in [0.15, 0.2) is 11.7 Å². The Labute approximate surface area is 213 Å². The molecule has 0 saturated heterocycles. The van der Waals surface area contributed by atoms with Gasteiger partial charge in [0.2, 0.25) is 0 Å². The molecular weight excluding hydrogens is 482 g/mol. The number of amides is 3. The molecule has 5 N–H and O–H groups in total. The van der Waals surface area contributed by atoms with Crippen LogP contribution < -0.4 is 26.4 Å². The van der Waals surface area contributed by atoms with E-state index in [1.807, 2.05) is 33.8 Å². The summed E-state index contributed by atoms with van der Waals surface area (Å²) in [4.78, 5) is 41.0. The SMILES string of the molecule is CCC(C)(C)NC(=O)[C@@H](c1ccc(C)o1)N(C(=O)c1snc(C(N)=O)c1N)c1cc(C)ccc1OC. The molecule has 3 rings (SSSR count). The van der Waals surface area contributed by atoms with Crippen LogP contribution in [0.1, 0.15) is 70.5 Å². The van der Waals surface area contributed by atoms with E-state index in [2.05, 4.69) is 9.69 Å². The standard InChI is InChI=1S/C25H31N5O5S/c1-7-25(4,5)28-23(32)20(17-11-9-14(3)35-17)30(15-12-13(2)8-10-16(15)34-6)24(33)21-18(26)19(22(27)31)29-36-21/h8-12,20H,7,26H2,1-6H3,(H2,27,31)(H,28,32)/t20-/m1/s1. The van der Waals surface area contributed by atoms with Crippen molar-refractivity contribution < 1.29 is 23.5 Å². The molecule has 0 aliphatic heterocycles. The van der Waals surface area contributed by atoms with Crippen LogP contribution >= 0.6 is 11.5 Å². The van der Waals surface area contributed by atoms with E-state index in [0.29, 0.717) is 23.6 Å². The van der Waals surface area contributed by atoms with Gasteiger partial charge in [-0.25, -0.2) is 0 Å². The summed E-state index contributed by atoms with van der Waals surface area (Å²) < 4.78 is 15.4. The predicted octanol–water partition coefficient (Wildman–Crippen LogP) is 3.74. The molecule has 0 spiro atoms. The number of nitrogens with zero attached hydrogens (tertiary/aromatic N) is 2. The highest BCUT2D eigenvalue weighted by Crippen LogP contribution is 2.39. The number of rotatable bonds is 9. The quantitative estimate of drug-likeness (QED) is 0.394. The van der Waals surface area contributed by atoms with Crippen molar-refractivity contribution in [1.29, 1.82) is 0 Å². The minimum absolute atomic E-state index is 0.0387. The molecule has 10 nitrogen and oxygen atoms in total. The second kappa shape index (κ2) is 10.4. The third-order valence-electron chi connectivity index (χ3n) is 5.85. The highest BCUT2D eigenvalue weighted by Gasteiger charge is 2.40. The van der Waals surface area contributed by atoms with E-state index in [9.17, 15) is 14.4 Å². The maximum Gasteiger partial charge on any atom is 0.273 e. The highest BCUT2D eigenvalue weighted by atomic mass is 32.1. The summed E-state index contributed by atoms with van der Waals surface area (Å²) in [5.74, 6) is -0.830. The minimum atomic E-state index is -1.23. The van der Waals surface area contributed by atoms with Gasteiger partial charge in [-0.3, -0.25) is 19.3 Å². The van der Waals surface area contributed by atoms with Gasteiger partial charge in [0.05, 0.1) is 18.5 Å². The number of hydrogen-bond donors (Lipinski definition) is 3. The summed E-state index contributed by atoms with van der Waals surface area (Å²) in [7, 11) is 1.47. The second-order valence-electron chi connectivity index (χ2n) is 9.07. The fourth-order valence-electron chi connectivity index (χ4n) is 3.56. The Morgan fingerprint density at radius 1 is 1.22 bits per heavy atom. The zero-order valence-electron chi connectivity index (χ0n) is 21.2. The summed E-state index contributed by atoms with van der Waals surface area (Å²) in [6.07, 6.45) is 0.647. The van der Waals surface area contributed by atoms with Gasteiger partial charge in [0.1, 0.15) is 22.1 Å². The Morgan fingerprint density at radius 2 is 1.92 bits per heavy atom. The third kappa shape index (κ3) is 5.35. The Kier molecular flexibility index (Phi) is 7.73. The molecule has 3 amide bonds. The van der Waals surface area contributed by atoms with Gasteiger partial charge in [-0.15, -0.1) is 0 Å². The van der Waals surface area contributed by atoms with Crippen molar-refractivity contribution in [3.8, 4) is 5.75 Å². The first-order chi connectivity index (χ1) is 16.9. The number of nitrogens with two attached hydrogens (primary N) is 2. The molecule has 36 heavy (non-hydrogen) atoms. The average Bonchev–Trinajstić information content (AvgIpc) is 3.41. The van der Waals surface area contributed by atoms with Crippen LogP contribution in [0.5, 0.6) is 5.75 Å². The van der Waals surface area contributed by atoms with Crippen LogP contribution in [0, 0.1) is 13.8 Å².